The van der Waals surface area contributed by atoms with Crippen molar-refractivity contribution in [1.29, 1.82) is 0 Å². The summed E-state index contributed by atoms with van der Waals surface area (Å²) in [6.45, 7) is 9.12. The number of amides is 1. The molecule has 1 unspecified atom stereocenters. The summed E-state index contributed by atoms with van der Waals surface area (Å²) in [5.74, 6) is 0.185. The van der Waals surface area contributed by atoms with E-state index in [0.29, 0.717) is 23.3 Å². The summed E-state index contributed by atoms with van der Waals surface area (Å²) in [5, 5.41) is 3.41. The highest BCUT2D eigenvalue weighted by Crippen LogP contribution is 2.18. The molecule has 1 N–H and O–H groups in total. The molecular weight excluding hydrogens is 286 g/mol. The fraction of sp³-hybridized carbons (Fsp3) is 0.625. The number of nitrogens with zero attached hydrogens (tertiary/aromatic N) is 2. The second-order valence-corrected chi connectivity index (χ2v) is 6.28. The van der Waals surface area contributed by atoms with E-state index in [0.717, 1.165) is 25.2 Å². The summed E-state index contributed by atoms with van der Waals surface area (Å²) in [5.41, 5.74) is 1.45. The normalized spacial score (nSPS) is 19.2. The Balaban J connectivity index is 2.00. The number of hydrogen-bond acceptors (Lipinski definition) is 3. The molecule has 0 bridgehead atoms. The van der Waals surface area contributed by atoms with Gasteiger partial charge in [-0.15, -0.1) is 0 Å². The molecule has 2 heterocycles. The van der Waals surface area contributed by atoms with E-state index in [2.05, 4.69) is 22.1 Å². The monoisotopic (exact) mass is 309 g/mol. The van der Waals surface area contributed by atoms with Crippen molar-refractivity contribution in [2.75, 3.05) is 19.6 Å². The first-order chi connectivity index (χ1) is 10.0. The number of carbonyl (C=O) groups excluding carboxylic acids is 1. The fourth-order valence-electron chi connectivity index (χ4n) is 2.80. The molecule has 0 aromatic carbocycles. The summed E-state index contributed by atoms with van der Waals surface area (Å²) >= 11 is 6.01. The summed E-state index contributed by atoms with van der Waals surface area (Å²) < 4.78 is 0. The maximum atomic E-state index is 12.3. The van der Waals surface area contributed by atoms with Gasteiger partial charge in [0.05, 0.1) is 0 Å². The third kappa shape index (κ3) is 4.17. The first-order valence-corrected chi connectivity index (χ1v) is 8.08. The zero-order valence-electron chi connectivity index (χ0n) is 13.0. The second-order valence-electron chi connectivity index (χ2n) is 5.89. The minimum absolute atomic E-state index is 0.0656. The van der Waals surface area contributed by atoms with Crippen LogP contribution in [0.3, 0.4) is 0 Å². The number of aromatic nitrogens is 1. The topological polar surface area (TPSA) is 45.2 Å². The second kappa shape index (κ2) is 7.23. The van der Waals surface area contributed by atoms with E-state index in [1.54, 1.807) is 6.07 Å². The highest BCUT2D eigenvalue weighted by atomic mass is 35.5. The lowest BCUT2D eigenvalue weighted by molar-refractivity contribution is 0.0941. The van der Waals surface area contributed by atoms with Crippen molar-refractivity contribution in [3.05, 3.63) is 28.5 Å². The van der Waals surface area contributed by atoms with Crippen LogP contribution in [0.15, 0.2) is 12.1 Å². The third-order valence-electron chi connectivity index (χ3n) is 4.07. The van der Waals surface area contributed by atoms with E-state index in [9.17, 15) is 4.79 Å². The average Bonchev–Trinajstić information content (AvgIpc) is 2.91. The van der Waals surface area contributed by atoms with Crippen LogP contribution in [0.4, 0.5) is 0 Å². The Kier molecular flexibility index (Phi) is 5.59. The summed E-state index contributed by atoms with van der Waals surface area (Å²) in [6.07, 6.45) is 2.37. The van der Waals surface area contributed by atoms with Crippen LogP contribution in [0.25, 0.3) is 0 Å². The van der Waals surface area contributed by atoms with Gasteiger partial charge in [0, 0.05) is 23.8 Å². The summed E-state index contributed by atoms with van der Waals surface area (Å²) in [4.78, 5) is 19.0. The predicted octanol–water partition coefficient (Wildman–Crippen LogP) is 3.07. The van der Waals surface area contributed by atoms with Gasteiger partial charge in [0.25, 0.3) is 5.91 Å². The van der Waals surface area contributed by atoms with Crippen molar-refractivity contribution in [3.8, 4) is 0 Å². The maximum absolute atomic E-state index is 12.3. The van der Waals surface area contributed by atoms with Crippen LogP contribution in [-0.4, -0.2) is 41.5 Å². The number of carbonyl (C=O) groups is 1. The predicted molar refractivity (Wildman–Crippen MR) is 85.9 cm³/mol. The van der Waals surface area contributed by atoms with Crippen LogP contribution in [0.2, 0.25) is 5.15 Å². The molecule has 1 atom stereocenters. The van der Waals surface area contributed by atoms with Crippen LogP contribution in [0.5, 0.6) is 0 Å². The Morgan fingerprint density at radius 3 is 2.95 bits per heavy atom. The molecule has 2 rings (SSSR count). The highest BCUT2D eigenvalue weighted by molar-refractivity contribution is 6.29. The van der Waals surface area contributed by atoms with E-state index in [1.165, 1.54) is 6.42 Å². The van der Waals surface area contributed by atoms with Gasteiger partial charge in [0.15, 0.2) is 0 Å². The Morgan fingerprint density at radius 2 is 2.29 bits per heavy atom. The largest absolute Gasteiger partial charge is 0.350 e. The van der Waals surface area contributed by atoms with Crippen molar-refractivity contribution in [2.45, 2.75) is 45.6 Å². The number of pyridine rings is 1. The number of likely N-dealkylation sites (tertiary alicyclic amines) is 1. The van der Waals surface area contributed by atoms with Crippen molar-refractivity contribution < 1.29 is 4.79 Å². The molecule has 0 saturated carbocycles. The molecule has 0 aliphatic carbocycles. The lowest BCUT2D eigenvalue weighted by atomic mass is 10.1. The first-order valence-electron chi connectivity index (χ1n) is 7.71. The quantitative estimate of drug-likeness (QED) is 0.850. The zero-order chi connectivity index (χ0) is 15.4. The number of halogens is 1. The molecular formula is C16H24ClN3O. The minimum atomic E-state index is -0.0656. The van der Waals surface area contributed by atoms with Crippen molar-refractivity contribution >= 4 is 17.5 Å². The summed E-state index contributed by atoms with van der Waals surface area (Å²) in [6, 6.07) is 3.92. The van der Waals surface area contributed by atoms with Crippen LogP contribution in [0.1, 0.15) is 55.6 Å². The van der Waals surface area contributed by atoms with E-state index in [-0.39, 0.29) is 11.8 Å². The van der Waals surface area contributed by atoms with Gasteiger partial charge in [-0.3, -0.25) is 9.69 Å². The zero-order valence-corrected chi connectivity index (χ0v) is 13.8. The first kappa shape index (κ1) is 16.2. The minimum Gasteiger partial charge on any atom is -0.350 e. The van der Waals surface area contributed by atoms with Gasteiger partial charge in [-0.2, -0.15) is 0 Å². The van der Waals surface area contributed by atoms with Crippen LogP contribution < -0.4 is 5.32 Å². The molecule has 0 radical (unpaired) electrons. The van der Waals surface area contributed by atoms with Gasteiger partial charge in [0.2, 0.25) is 0 Å². The van der Waals surface area contributed by atoms with E-state index in [1.807, 2.05) is 19.9 Å². The van der Waals surface area contributed by atoms with Crippen molar-refractivity contribution in [3.63, 3.8) is 0 Å². The Hall–Kier alpha value is -1.13. The Morgan fingerprint density at radius 1 is 1.52 bits per heavy atom. The van der Waals surface area contributed by atoms with E-state index < -0.39 is 0 Å². The van der Waals surface area contributed by atoms with Crippen LogP contribution >= 0.6 is 11.6 Å². The van der Waals surface area contributed by atoms with Crippen LogP contribution in [-0.2, 0) is 0 Å². The summed E-state index contributed by atoms with van der Waals surface area (Å²) in [7, 11) is 0. The van der Waals surface area contributed by atoms with Gasteiger partial charge < -0.3 is 5.32 Å². The highest BCUT2D eigenvalue weighted by Gasteiger charge is 2.23. The molecule has 1 saturated heterocycles. The molecule has 1 aliphatic heterocycles. The SMILES string of the molecule is CCN1CCCC1CNC(=O)c1cc(Cl)nc(C(C)C)c1. The number of nitrogens with one attached hydrogen (secondary N) is 1. The molecule has 1 fully saturated rings. The molecule has 1 aromatic heterocycles. The number of rotatable bonds is 5. The lowest BCUT2D eigenvalue weighted by Gasteiger charge is -2.23. The fourth-order valence-corrected chi connectivity index (χ4v) is 3.01. The van der Waals surface area contributed by atoms with Gasteiger partial charge in [-0.1, -0.05) is 32.4 Å². The molecule has 5 heteroatoms. The lowest BCUT2D eigenvalue weighted by Crippen LogP contribution is -2.40. The standard InChI is InChI=1S/C16H24ClN3O/c1-4-20-7-5-6-13(20)10-18-16(21)12-8-14(11(2)3)19-15(17)9-12/h8-9,11,13H,4-7,10H2,1-3H3,(H,18,21). The smallest absolute Gasteiger partial charge is 0.251 e. The van der Waals surface area contributed by atoms with Crippen molar-refractivity contribution in [2.24, 2.45) is 0 Å². The molecule has 116 valence electrons. The molecule has 0 spiro atoms. The third-order valence-corrected chi connectivity index (χ3v) is 4.26. The van der Waals surface area contributed by atoms with E-state index >= 15 is 0 Å². The average molecular weight is 310 g/mol. The number of likely N-dealkylation sites (N-methyl/N-ethyl adjacent to an activating group) is 1. The molecule has 4 nitrogen and oxygen atoms in total. The van der Waals surface area contributed by atoms with Gasteiger partial charge in [-0.25, -0.2) is 4.98 Å². The molecule has 1 aliphatic rings. The van der Waals surface area contributed by atoms with Crippen molar-refractivity contribution in [1.82, 2.24) is 15.2 Å². The number of hydrogen-bond donors (Lipinski definition) is 1. The maximum Gasteiger partial charge on any atom is 0.251 e. The van der Waals surface area contributed by atoms with Gasteiger partial charge in [0.1, 0.15) is 5.15 Å². The van der Waals surface area contributed by atoms with E-state index in [4.69, 9.17) is 11.6 Å². The molecule has 1 aromatic rings. The Labute approximate surface area is 131 Å². The Bertz CT molecular complexity index is 504. The molecule has 1 amide bonds. The van der Waals surface area contributed by atoms with Gasteiger partial charge in [-0.05, 0) is 44.0 Å². The van der Waals surface area contributed by atoms with Gasteiger partial charge >= 0.3 is 0 Å². The molecule has 21 heavy (non-hydrogen) atoms. The van der Waals surface area contributed by atoms with Crippen LogP contribution in [0, 0.1) is 0 Å².